The standard InChI is InChI=1S/C23H21F2N3O2/c24-15-2-4-20-18(11-15)19(13-26-20)21(29)7-10-28-8-5-14(6-9-28)23-17-3-1-16(25)12-22(17)30-27-23/h1-4,11-14,26H,5-10H2. The second kappa shape index (κ2) is 7.65. The van der Waals surface area contributed by atoms with Crippen LogP contribution in [0.3, 0.4) is 0 Å². The predicted molar refractivity (Wildman–Crippen MR) is 110 cm³/mol. The summed E-state index contributed by atoms with van der Waals surface area (Å²) in [6.07, 6.45) is 3.87. The number of ketones is 1. The molecule has 5 nitrogen and oxygen atoms in total. The molecule has 30 heavy (non-hydrogen) atoms. The van der Waals surface area contributed by atoms with E-state index in [4.69, 9.17) is 4.52 Å². The van der Waals surface area contributed by atoms with Crippen LogP contribution in [0.2, 0.25) is 0 Å². The van der Waals surface area contributed by atoms with Crippen LogP contribution in [0.15, 0.2) is 47.1 Å². The Bertz CT molecular complexity index is 1220. The summed E-state index contributed by atoms with van der Waals surface area (Å²) in [6.45, 7) is 2.38. The van der Waals surface area contributed by atoms with Gasteiger partial charge in [0.1, 0.15) is 11.6 Å². The number of likely N-dealkylation sites (tertiary alicyclic amines) is 1. The minimum absolute atomic E-state index is 0.0125. The summed E-state index contributed by atoms with van der Waals surface area (Å²) >= 11 is 0. The third-order valence-electron chi connectivity index (χ3n) is 6.04. The van der Waals surface area contributed by atoms with E-state index in [0.29, 0.717) is 29.5 Å². The van der Waals surface area contributed by atoms with Crippen LogP contribution in [0.5, 0.6) is 0 Å². The number of rotatable bonds is 5. The minimum atomic E-state index is -0.346. The van der Waals surface area contributed by atoms with Crippen molar-refractivity contribution in [3.8, 4) is 0 Å². The lowest BCUT2D eigenvalue weighted by Crippen LogP contribution is -2.34. The average molecular weight is 409 g/mol. The number of H-pyrrole nitrogens is 1. The number of nitrogens with one attached hydrogen (secondary N) is 1. The number of piperidine rings is 1. The molecule has 0 atom stereocenters. The lowest BCUT2D eigenvalue weighted by Gasteiger charge is -2.30. The SMILES string of the molecule is O=C(CCN1CCC(c2noc3cc(F)ccc23)CC1)c1c[nH]c2ccc(F)cc12. The molecule has 2 aromatic heterocycles. The van der Waals surface area contributed by atoms with Gasteiger partial charge in [0.05, 0.1) is 5.69 Å². The summed E-state index contributed by atoms with van der Waals surface area (Å²) in [4.78, 5) is 18.0. The third-order valence-corrected chi connectivity index (χ3v) is 6.04. The van der Waals surface area contributed by atoms with E-state index in [0.717, 1.165) is 42.5 Å². The van der Waals surface area contributed by atoms with Crippen LogP contribution in [0.25, 0.3) is 21.9 Å². The first kappa shape index (κ1) is 18.9. The molecule has 154 valence electrons. The van der Waals surface area contributed by atoms with Crippen LogP contribution >= 0.6 is 0 Å². The number of halogens is 2. The number of carbonyl (C=O) groups is 1. The molecule has 5 rings (SSSR count). The predicted octanol–water partition coefficient (Wildman–Crippen LogP) is 5.04. The monoisotopic (exact) mass is 409 g/mol. The summed E-state index contributed by atoms with van der Waals surface area (Å²) in [7, 11) is 0. The zero-order chi connectivity index (χ0) is 20.7. The molecule has 1 aliphatic heterocycles. The van der Waals surface area contributed by atoms with Crippen molar-refractivity contribution in [2.24, 2.45) is 0 Å². The van der Waals surface area contributed by atoms with Gasteiger partial charge in [0.25, 0.3) is 0 Å². The highest BCUT2D eigenvalue weighted by molar-refractivity contribution is 6.07. The lowest BCUT2D eigenvalue weighted by molar-refractivity contribution is 0.0958. The fraction of sp³-hybridized carbons (Fsp3) is 0.304. The van der Waals surface area contributed by atoms with Gasteiger partial charge < -0.3 is 14.4 Å². The van der Waals surface area contributed by atoms with Crippen LogP contribution in [-0.2, 0) is 0 Å². The van der Waals surface area contributed by atoms with Gasteiger partial charge in [-0.25, -0.2) is 8.78 Å². The van der Waals surface area contributed by atoms with E-state index in [1.807, 2.05) is 0 Å². The van der Waals surface area contributed by atoms with Crippen molar-refractivity contribution in [3.63, 3.8) is 0 Å². The van der Waals surface area contributed by atoms with Gasteiger partial charge in [-0.1, -0.05) is 5.16 Å². The van der Waals surface area contributed by atoms with Crippen LogP contribution in [0.4, 0.5) is 8.78 Å². The number of nitrogens with zero attached hydrogens (tertiary/aromatic N) is 2. The molecule has 2 aromatic carbocycles. The van der Waals surface area contributed by atoms with Crippen molar-refractivity contribution in [3.05, 3.63) is 65.5 Å². The first-order valence-corrected chi connectivity index (χ1v) is 10.2. The maximum Gasteiger partial charge on any atom is 0.170 e. The van der Waals surface area contributed by atoms with E-state index in [1.165, 1.54) is 24.3 Å². The lowest BCUT2D eigenvalue weighted by atomic mass is 9.91. The maximum absolute atomic E-state index is 13.5. The summed E-state index contributed by atoms with van der Waals surface area (Å²) in [5, 5.41) is 5.69. The average Bonchev–Trinajstić information content (AvgIpc) is 3.36. The number of aromatic nitrogens is 2. The van der Waals surface area contributed by atoms with Crippen LogP contribution in [0.1, 0.15) is 41.2 Å². The number of benzene rings is 2. The summed E-state index contributed by atoms with van der Waals surface area (Å²) in [5.41, 5.74) is 2.68. The van der Waals surface area contributed by atoms with Gasteiger partial charge >= 0.3 is 0 Å². The second-order valence-corrected chi connectivity index (χ2v) is 7.89. The Hall–Kier alpha value is -3.06. The van der Waals surface area contributed by atoms with E-state index >= 15 is 0 Å². The number of fused-ring (bicyclic) bond motifs is 2. The van der Waals surface area contributed by atoms with Crippen molar-refractivity contribution in [1.29, 1.82) is 0 Å². The van der Waals surface area contributed by atoms with Gasteiger partial charge in [-0.2, -0.15) is 0 Å². The molecule has 0 aliphatic carbocycles. The van der Waals surface area contributed by atoms with E-state index in [-0.39, 0.29) is 23.3 Å². The van der Waals surface area contributed by atoms with Gasteiger partial charge in [0.2, 0.25) is 0 Å². The number of hydrogen-bond donors (Lipinski definition) is 1. The van der Waals surface area contributed by atoms with Crippen molar-refractivity contribution >= 4 is 27.7 Å². The Labute approximate surface area is 171 Å². The van der Waals surface area contributed by atoms with Crippen LogP contribution in [-0.4, -0.2) is 40.5 Å². The van der Waals surface area contributed by atoms with Gasteiger partial charge in [-0.3, -0.25) is 4.79 Å². The van der Waals surface area contributed by atoms with Crippen LogP contribution in [0, 0.1) is 11.6 Å². The molecule has 7 heteroatoms. The summed E-state index contributed by atoms with van der Waals surface area (Å²) < 4.78 is 32.2. The molecule has 1 N–H and O–H groups in total. The number of carbonyl (C=O) groups excluding carboxylic acids is 1. The Balaban J connectivity index is 1.20. The summed E-state index contributed by atoms with van der Waals surface area (Å²) in [5.74, 6) is -0.400. The van der Waals surface area contributed by atoms with E-state index in [9.17, 15) is 13.6 Å². The topological polar surface area (TPSA) is 62.1 Å². The molecule has 0 amide bonds. The quantitative estimate of drug-likeness (QED) is 0.469. The number of hydrogen-bond acceptors (Lipinski definition) is 4. The molecule has 3 heterocycles. The number of aromatic amines is 1. The molecule has 0 spiro atoms. The zero-order valence-electron chi connectivity index (χ0n) is 16.3. The molecular weight excluding hydrogens is 388 g/mol. The Kier molecular flexibility index (Phi) is 4.83. The normalized spacial score (nSPS) is 15.9. The molecule has 0 bridgehead atoms. The molecule has 1 fully saturated rings. The van der Waals surface area contributed by atoms with E-state index < -0.39 is 0 Å². The molecule has 0 saturated carbocycles. The zero-order valence-corrected chi connectivity index (χ0v) is 16.3. The molecular formula is C23H21F2N3O2. The largest absolute Gasteiger partial charge is 0.360 e. The third kappa shape index (κ3) is 3.50. The van der Waals surface area contributed by atoms with Gasteiger partial charge in [0.15, 0.2) is 11.4 Å². The van der Waals surface area contributed by atoms with Gasteiger partial charge in [-0.15, -0.1) is 0 Å². The van der Waals surface area contributed by atoms with E-state index in [2.05, 4.69) is 15.0 Å². The van der Waals surface area contributed by atoms with Crippen LogP contribution < -0.4 is 0 Å². The molecule has 4 aromatic rings. The Morgan fingerprint density at radius 2 is 1.87 bits per heavy atom. The molecule has 1 aliphatic rings. The van der Waals surface area contributed by atoms with Crippen molar-refractivity contribution in [2.75, 3.05) is 19.6 Å². The first-order valence-electron chi connectivity index (χ1n) is 10.2. The smallest absolute Gasteiger partial charge is 0.170 e. The van der Waals surface area contributed by atoms with Gasteiger partial charge in [0, 0.05) is 53.0 Å². The highest BCUT2D eigenvalue weighted by atomic mass is 19.1. The second-order valence-electron chi connectivity index (χ2n) is 7.89. The van der Waals surface area contributed by atoms with Gasteiger partial charge in [-0.05, 0) is 56.3 Å². The fourth-order valence-electron chi connectivity index (χ4n) is 4.37. The highest BCUT2D eigenvalue weighted by Crippen LogP contribution is 2.33. The van der Waals surface area contributed by atoms with Crippen molar-refractivity contribution in [2.45, 2.75) is 25.2 Å². The minimum Gasteiger partial charge on any atom is -0.360 e. The summed E-state index contributed by atoms with van der Waals surface area (Å²) in [6, 6.07) is 8.95. The molecule has 1 saturated heterocycles. The maximum atomic E-state index is 13.5. The fourth-order valence-corrected chi connectivity index (χ4v) is 4.37. The van der Waals surface area contributed by atoms with E-state index in [1.54, 1.807) is 18.3 Å². The molecule has 0 unspecified atom stereocenters. The highest BCUT2D eigenvalue weighted by Gasteiger charge is 2.25. The Morgan fingerprint density at radius 1 is 1.10 bits per heavy atom. The number of Topliss-reactive ketones (excluding diaryl/α,β-unsaturated/α-hetero) is 1. The van der Waals surface area contributed by atoms with Crippen molar-refractivity contribution < 1.29 is 18.1 Å². The first-order chi connectivity index (χ1) is 14.6. The molecule has 0 radical (unpaired) electrons. The van der Waals surface area contributed by atoms with Crippen molar-refractivity contribution in [1.82, 2.24) is 15.0 Å². The Morgan fingerprint density at radius 3 is 2.70 bits per heavy atom.